The summed E-state index contributed by atoms with van der Waals surface area (Å²) in [6.07, 6.45) is 0.286. The molecule has 1 rings (SSSR count). The van der Waals surface area contributed by atoms with Crippen molar-refractivity contribution in [3.63, 3.8) is 0 Å². The predicted octanol–water partition coefficient (Wildman–Crippen LogP) is 2.59. The summed E-state index contributed by atoms with van der Waals surface area (Å²) in [7, 11) is 1.77. The average molecular weight is 373 g/mol. The number of carbonyl (C=O) groups is 1. The van der Waals surface area contributed by atoms with E-state index in [0.29, 0.717) is 31.3 Å². The molecule has 1 atom stereocenters. The van der Waals surface area contributed by atoms with Gasteiger partial charge in [-0.2, -0.15) is 0 Å². The molecule has 1 amide bonds. The summed E-state index contributed by atoms with van der Waals surface area (Å²) in [6.45, 7) is 7.30. The zero-order chi connectivity index (χ0) is 16.7. The van der Waals surface area contributed by atoms with Crippen molar-refractivity contribution in [2.45, 2.75) is 33.2 Å². The Morgan fingerprint density at radius 2 is 1.82 bits per heavy atom. The number of hydrogen-bond donors (Lipinski definition) is 1. The fraction of sp³-hybridized carbons (Fsp3) is 0.562. The van der Waals surface area contributed by atoms with Gasteiger partial charge < -0.3 is 20.1 Å². The number of amides is 1. The lowest BCUT2D eigenvalue weighted by molar-refractivity contribution is -0.130. The van der Waals surface area contributed by atoms with Gasteiger partial charge in [0.2, 0.25) is 5.91 Å². The molecule has 0 heterocycles. The van der Waals surface area contributed by atoms with E-state index in [1.165, 1.54) is 0 Å². The van der Waals surface area contributed by atoms with E-state index in [1.54, 1.807) is 11.9 Å². The number of halogens is 1. The Balaban J connectivity index is 2.99. The number of carbonyl (C=O) groups excluding carboxylic acids is 1. The first kappa shape index (κ1) is 18.8. The molecule has 0 radical (unpaired) electrons. The fourth-order valence-corrected chi connectivity index (χ4v) is 2.40. The van der Waals surface area contributed by atoms with Crippen LogP contribution in [0.25, 0.3) is 0 Å². The number of benzene rings is 1. The maximum atomic E-state index is 12.3. The van der Waals surface area contributed by atoms with Crippen LogP contribution in [-0.4, -0.2) is 43.7 Å². The normalized spacial score (nSPS) is 11.9. The second-order valence-electron chi connectivity index (χ2n) is 5.02. The molecule has 1 aromatic rings. The molecule has 1 unspecified atom stereocenters. The first-order valence-electron chi connectivity index (χ1n) is 7.48. The number of hydrogen-bond acceptors (Lipinski definition) is 4. The maximum Gasteiger partial charge on any atom is 0.227 e. The molecule has 124 valence electrons. The summed E-state index contributed by atoms with van der Waals surface area (Å²) in [4.78, 5) is 14.0. The predicted molar refractivity (Wildman–Crippen MR) is 91.5 cm³/mol. The van der Waals surface area contributed by atoms with Crippen molar-refractivity contribution >= 4 is 21.8 Å². The van der Waals surface area contributed by atoms with Crippen molar-refractivity contribution in [3.8, 4) is 11.5 Å². The van der Waals surface area contributed by atoms with Crippen LogP contribution in [0.3, 0.4) is 0 Å². The number of rotatable bonds is 8. The number of nitrogens with two attached hydrogens (primary N) is 1. The van der Waals surface area contributed by atoms with E-state index in [0.717, 1.165) is 10.0 Å². The van der Waals surface area contributed by atoms with Crippen LogP contribution in [-0.2, 0) is 11.2 Å². The molecular weight excluding hydrogens is 348 g/mol. The van der Waals surface area contributed by atoms with Gasteiger partial charge in [-0.1, -0.05) is 15.9 Å². The fourth-order valence-electron chi connectivity index (χ4n) is 1.94. The van der Waals surface area contributed by atoms with E-state index in [4.69, 9.17) is 15.2 Å². The molecule has 0 fully saturated rings. The van der Waals surface area contributed by atoms with E-state index in [-0.39, 0.29) is 18.4 Å². The van der Waals surface area contributed by atoms with Crippen molar-refractivity contribution in [3.05, 3.63) is 22.2 Å². The van der Waals surface area contributed by atoms with Crippen LogP contribution in [0.4, 0.5) is 0 Å². The van der Waals surface area contributed by atoms with Gasteiger partial charge in [0, 0.05) is 24.1 Å². The molecule has 0 saturated carbocycles. The number of ether oxygens (including phenoxy) is 2. The van der Waals surface area contributed by atoms with Gasteiger partial charge in [-0.15, -0.1) is 0 Å². The molecule has 5 nitrogen and oxygen atoms in total. The second-order valence-corrected chi connectivity index (χ2v) is 5.88. The minimum Gasteiger partial charge on any atom is -0.490 e. The van der Waals surface area contributed by atoms with Gasteiger partial charge in [-0.25, -0.2) is 0 Å². The second kappa shape index (κ2) is 9.00. The van der Waals surface area contributed by atoms with Crippen molar-refractivity contribution in [2.24, 2.45) is 5.73 Å². The molecule has 0 aliphatic carbocycles. The Kier molecular flexibility index (Phi) is 7.68. The molecule has 6 heteroatoms. The minimum atomic E-state index is 0.0142. The topological polar surface area (TPSA) is 64.8 Å². The smallest absolute Gasteiger partial charge is 0.227 e. The highest BCUT2D eigenvalue weighted by Crippen LogP contribution is 2.34. The molecule has 0 aliphatic rings. The third-order valence-corrected chi connectivity index (χ3v) is 4.19. The highest BCUT2D eigenvalue weighted by molar-refractivity contribution is 9.10. The zero-order valence-electron chi connectivity index (χ0n) is 13.7. The SMILES string of the molecule is CCOc1cc(Br)c(CC(=O)N(C)C(C)CN)cc1OCC. The van der Waals surface area contributed by atoms with Crippen molar-refractivity contribution in [1.29, 1.82) is 0 Å². The van der Waals surface area contributed by atoms with Crippen LogP contribution in [0.15, 0.2) is 16.6 Å². The van der Waals surface area contributed by atoms with Gasteiger partial charge in [0.15, 0.2) is 11.5 Å². The summed E-state index contributed by atoms with van der Waals surface area (Å²) >= 11 is 3.50. The monoisotopic (exact) mass is 372 g/mol. The molecule has 0 bridgehead atoms. The van der Waals surface area contributed by atoms with Crippen molar-refractivity contribution in [2.75, 3.05) is 26.8 Å². The third-order valence-electron chi connectivity index (χ3n) is 3.45. The molecule has 2 N–H and O–H groups in total. The molecule has 0 aromatic heterocycles. The van der Waals surface area contributed by atoms with Crippen LogP contribution in [0, 0.1) is 0 Å². The highest BCUT2D eigenvalue weighted by Gasteiger charge is 2.18. The highest BCUT2D eigenvalue weighted by atomic mass is 79.9. The third kappa shape index (κ3) is 4.88. The van der Waals surface area contributed by atoms with Crippen LogP contribution in [0.5, 0.6) is 11.5 Å². The molecule has 1 aromatic carbocycles. The van der Waals surface area contributed by atoms with E-state index in [2.05, 4.69) is 15.9 Å². The molecule has 0 aliphatic heterocycles. The first-order valence-corrected chi connectivity index (χ1v) is 8.27. The molecule has 22 heavy (non-hydrogen) atoms. The summed E-state index contributed by atoms with van der Waals surface area (Å²) in [5.41, 5.74) is 6.48. The average Bonchev–Trinajstić information content (AvgIpc) is 2.50. The van der Waals surface area contributed by atoms with Gasteiger partial charge in [-0.3, -0.25) is 4.79 Å². The van der Waals surface area contributed by atoms with E-state index in [1.807, 2.05) is 32.9 Å². The summed E-state index contributed by atoms with van der Waals surface area (Å²) in [6, 6.07) is 3.72. The summed E-state index contributed by atoms with van der Waals surface area (Å²) < 4.78 is 12.0. The van der Waals surface area contributed by atoms with E-state index >= 15 is 0 Å². The van der Waals surface area contributed by atoms with E-state index < -0.39 is 0 Å². The van der Waals surface area contributed by atoms with E-state index in [9.17, 15) is 4.79 Å². The first-order chi connectivity index (χ1) is 10.4. The van der Waals surface area contributed by atoms with Crippen LogP contribution in [0.2, 0.25) is 0 Å². The van der Waals surface area contributed by atoms with Crippen LogP contribution in [0.1, 0.15) is 26.3 Å². The van der Waals surface area contributed by atoms with Crippen molar-refractivity contribution < 1.29 is 14.3 Å². The number of nitrogens with zero attached hydrogens (tertiary/aromatic N) is 1. The quantitative estimate of drug-likeness (QED) is 0.761. The Labute approximate surface area is 140 Å². The summed E-state index contributed by atoms with van der Waals surface area (Å²) in [5, 5.41) is 0. The Morgan fingerprint density at radius 3 is 2.32 bits per heavy atom. The standard InChI is InChI=1S/C16H25BrN2O3/c1-5-21-14-7-12(13(17)9-15(14)22-6-2)8-16(20)19(4)11(3)10-18/h7,9,11H,5-6,8,10,18H2,1-4H3. The molecular formula is C16H25BrN2O3. The van der Waals surface area contributed by atoms with Gasteiger partial charge in [-0.05, 0) is 38.5 Å². The maximum absolute atomic E-state index is 12.3. The molecule has 0 saturated heterocycles. The van der Waals surface area contributed by atoms with Crippen molar-refractivity contribution in [1.82, 2.24) is 4.90 Å². The lowest BCUT2D eigenvalue weighted by atomic mass is 10.1. The number of likely N-dealkylation sites (N-methyl/N-ethyl adjacent to an activating group) is 1. The summed E-state index contributed by atoms with van der Waals surface area (Å²) in [5.74, 6) is 1.35. The van der Waals surface area contributed by atoms with Gasteiger partial charge in [0.05, 0.1) is 19.6 Å². The van der Waals surface area contributed by atoms with Crippen LogP contribution >= 0.6 is 15.9 Å². The van der Waals surface area contributed by atoms with Gasteiger partial charge in [0.25, 0.3) is 0 Å². The Morgan fingerprint density at radius 1 is 1.27 bits per heavy atom. The van der Waals surface area contributed by atoms with Crippen LogP contribution < -0.4 is 15.2 Å². The molecule has 0 spiro atoms. The lowest BCUT2D eigenvalue weighted by Crippen LogP contribution is -2.40. The lowest BCUT2D eigenvalue weighted by Gasteiger charge is -2.24. The van der Waals surface area contributed by atoms with Gasteiger partial charge in [0.1, 0.15) is 0 Å². The zero-order valence-corrected chi connectivity index (χ0v) is 15.3. The Bertz CT molecular complexity index is 508. The largest absolute Gasteiger partial charge is 0.490 e. The Hall–Kier alpha value is -1.27. The van der Waals surface area contributed by atoms with Gasteiger partial charge >= 0.3 is 0 Å². The minimum absolute atomic E-state index is 0.0142.